The number of rotatable bonds is 7. The molecule has 2 amide bonds. The number of allylic oxidation sites excluding steroid dienone is 1. The van der Waals surface area contributed by atoms with Crippen molar-refractivity contribution in [1.29, 1.82) is 0 Å². The monoisotopic (exact) mass is 451 g/mol. The summed E-state index contributed by atoms with van der Waals surface area (Å²) in [4.78, 5) is 32.3. The number of fused-ring (bicyclic) bond motifs is 3. The zero-order chi connectivity index (χ0) is 22.4. The zero-order valence-corrected chi connectivity index (χ0v) is 17.9. The molecule has 0 radical (unpaired) electrons. The summed E-state index contributed by atoms with van der Waals surface area (Å²) in [7, 11) is 0. The number of carbonyl (C=O) groups is 2. The average Bonchev–Trinajstić information content (AvgIpc) is 3.49. The molecule has 0 saturated heterocycles. The van der Waals surface area contributed by atoms with E-state index in [2.05, 4.69) is 22.5 Å². The number of nitrogens with one attached hydrogen (secondary N) is 1. The summed E-state index contributed by atoms with van der Waals surface area (Å²) in [6, 6.07) is 7.16. The molecule has 2 heterocycles. The molecule has 1 aromatic carbocycles. The predicted octanol–water partition coefficient (Wildman–Crippen LogP) is 2.36. The van der Waals surface area contributed by atoms with Crippen molar-refractivity contribution in [2.75, 3.05) is 11.9 Å². The molecule has 3 aliphatic rings. The Morgan fingerprint density at radius 3 is 2.62 bits per heavy atom. The topological polar surface area (TPSA) is 133 Å². The van der Waals surface area contributed by atoms with Crippen LogP contribution in [0.4, 0.5) is 11.4 Å². The number of nitrogens with two attached hydrogens (primary N) is 2. The highest BCUT2D eigenvalue weighted by atomic mass is 35.5. The number of primary amides is 2. The van der Waals surface area contributed by atoms with E-state index in [1.807, 2.05) is 12.1 Å². The van der Waals surface area contributed by atoms with Crippen LogP contribution in [0, 0.1) is 17.8 Å². The van der Waals surface area contributed by atoms with Crippen LogP contribution in [0.2, 0.25) is 5.02 Å². The predicted molar refractivity (Wildman–Crippen MR) is 121 cm³/mol. The normalized spacial score (nSPS) is 24.8. The van der Waals surface area contributed by atoms with E-state index in [1.165, 1.54) is 0 Å². The van der Waals surface area contributed by atoms with Gasteiger partial charge < -0.3 is 21.5 Å². The summed E-state index contributed by atoms with van der Waals surface area (Å²) < 4.78 is 5.31. The Morgan fingerprint density at radius 1 is 1.16 bits per heavy atom. The Bertz CT molecular complexity index is 1160. The lowest BCUT2D eigenvalue weighted by atomic mass is 9.88. The van der Waals surface area contributed by atoms with Gasteiger partial charge >= 0.3 is 0 Å². The van der Waals surface area contributed by atoms with Gasteiger partial charge in [-0.05, 0) is 48.1 Å². The smallest absolute Gasteiger partial charge is 0.255 e. The molecule has 5 N–H and O–H groups in total. The molecule has 1 fully saturated rings. The SMILES string of the molecule is NC(=O)COc1ccc(C2=Nc3c(ncc(Cl)c3N[C@H]3[C@@H](C(N)=O)[C@@H]4C=C[C@H]3C4)C2)cc1. The Balaban J connectivity index is 1.41. The van der Waals surface area contributed by atoms with Gasteiger partial charge in [-0.2, -0.15) is 0 Å². The van der Waals surface area contributed by atoms with Crippen LogP contribution in [-0.2, 0) is 16.0 Å². The van der Waals surface area contributed by atoms with Gasteiger partial charge in [-0.3, -0.25) is 14.6 Å². The van der Waals surface area contributed by atoms with Crippen LogP contribution in [0.25, 0.3) is 0 Å². The number of hydrogen-bond acceptors (Lipinski definition) is 6. The van der Waals surface area contributed by atoms with E-state index < -0.39 is 5.91 Å². The van der Waals surface area contributed by atoms with Gasteiger partial charge in [0.05, 0.1) is 28.0 Å². The first-order valence-corrected chi connectivity index (χ1v) is 10.8. The first kappa shape index (κ1) is 20.5. The van der Waals surface area contributed by atoms with Crippen LogP contribution < -0.4 is 21.5 Å². The molecule has 4 atom stereocenters. The number of aromatic nitrogens is 1. The van der Waals surface area contributed by atoms with Gasteiger partial charge in [0.15, 0.2) is 6.61 Å². The minimum atomic E-state index is -0.530. The summed E-state index contributed by atoms with van der Waals surface area (Å²) >= 11 is 6.51. The molecule has 2 aliphatic carbocycles. The molecule has 9 heteroatoms. The standard InChI is InChI=1S/C23H22ClN5O3/c24-15-9-27-17-8-16(11-3-5-14(6-4-11)32-10-18(25)30)28-22(17)21(15)29-20-13-2-1-12(7-13)19(20)23(26)31/h1-6,9,12-13,19-20H,7-8,10H2,(H2,25,30)(H2,26,31)(H,27,29)/t12-,13+,19+,20-/m1/s1. The number of nitrogens with zero attached hydrogens (tertiary/aromatic N) is 2. The number of amides is 2. The minimum Gasteiger partial charge on any atom is -0.484 e. The fourth-order valence-electron chi connectivity index (χ4n) is 4.88. The van der Waals surface area contributed by atoms with Gasteiger partial charge in [0.1, 0.15) is 11.4 Å². The van der Waals surface area contributed by atoms with Gasteiger partial charge in [0.25, 0.3) is 5.91 Å². The Hall–Kier alpha value is -3.39. The van der Waals surface area contributed by atoms with Gasteiger partial charge in [-0.25, -0.2) is 4.99 Å². The lowest BCUT2D eigenvalue weighted by Gasteiger charge is -2.28. The fourth-order valence-corrected chi connectivity index (χ4v) is 5.07. The van der Waals surface area contributed by atoms with Gasteiger partial charge in [0.2, 0.25) is 5.91 Å². The largest absolute Gasteiger partial charge is 0.484 e. The maximum atomic E-state index is 12.1. The van der Waals surface area contributed by atoms with Crippen LogP contribution in [0.3, 0.4) is 0 Å². The number of halogens is 1. The highest BCUT2D eigenvalue weighted by Crippen LogP contribution is 2.47. The lowest BCUT2D eigenvalue weighted by Crippen LogP contribution is -2.41. The van der Waals surface area contributed by atoms with Crippen molar-refractivity contribution < 1.29 is 14.3 Å². The molecule has 32 heavy (non-hydrogen) atoms. The summed E-state index contributed by atoms with van der Waals surface area (Å²) in [6.45, 7) is -0.173. The number of carbonyl (C=O) groups excluding carboxylic acids is 2. The van der Waals surface area contributed by atoms with Crippen molar-refractivity contribution in [2.24, 2.45) is 34.2 Å². The summed E-state index contributed by atoms with van der Waals surface area (Å²) in [5.74, 6) is -0.161. The highest BCUT2D eigenvalue weighted by molar-refractivity contribution is 6.34. The molecule has 1 aliphatic heterocycles. The molecule has 8 nitrogen and oxygen atoms in total. The van der Waals surface area contributed by atoms with Crippen molar-refractivity contribution in [1.82, 2.24) is 4.98 Å². The molecule has 1 saturated carbocycles. The van der Waals surface area contributed by atoms with Crippen molar-refractivity contribution in [2.45, 2.75) is 18.9 Å². The van der Waals surface area contributed by atoms with Crippen molar-refractivity contribution >= 4 is 40.5 Å². The lowest BCUT2D eigenvalue weighted by molar-refractivity contribution is -0.122. The molecular formula is C23H22ClN5O3. The molecule has 5 rings (SSSR count). The first-order valence-electron chi connectivity index (χ1n) is 10.4. The highest BCUT2D eigenvalue weighted by Gasteiger charge is 2.47. The number of benzene rings is 1. The van der Waals surface area contributed by atoms with Crippen LogP contribution in [0.1, 0.15) is 17.7 Å². The second-order valence-corrected chi connectivity index (χ2v) is 8.74. The van der Waals surface area contributed by atoms with Gasteiger partial charge in [0, 0.05) is 18.7 Å². The van der Waals surface area contributed by atoms with Crippen molar-refractivity contribution in [3.8, 4) is 5.75 Å². The quantitative estimate of drug-likeness (QED) is 0.556. The number of ether oxygens (including phenoxy) is 1. The third-order valence-electron chi connectivity index (χ3n) is 6.33. The van der Waals surface area contributed by atoms with E-state index in [0.29, 0.717) is 28.6 Å². The molecule has 164 valence electrons. The summed E-state index contributed by atoms with van der Waals surface area (Å²) in [6.07, 6.45) is 7.31. The number of hydrogen-bond donors (Lipinski definition) is 3. The third-order valence-corrected chi connectivity index (χ3v) is 6.62. The van der Waals surface area contributed by atoms with Crippen LogP contribution in [0.15, 0.2) is 47.6 Å². The third kappa shape index (κ3) is 3.60. The first-order chi connectivity index (χ1) is 15.4. The van der Waals surface area contributed by atoms with Crippen LogP contribution in [0.5, 0.6) is 5.75 Å². The molecule has 0 unspecified atom stereocenters. The van der Waals surface area contributed by atoms with Gasteiger partial charge in [-0.1, -0.05) is 23.8 Å². The molecular weight excluding hydrogens is 430 g/mol. The fraction of sp³-hybridized carbons (Fsp3) is 0.304. The number of anilines is 1. The Labute approximate surface area is 189 Å². The van der Waals surface area contributed by atoms with Crippen molar-refractivity contribution in [3.63, 3.8) is 0 Å². The van der Waals surface area contributed by atoms with Crippen molar-refractivity contribution in [3.05, 3.63) is 58.9 Å². The van der Waals surface area contributed by atoms with Crippen LogP contribution in [-0.4, -0.2) is 35.2 Å². The summed E-state index contributed by atoms with van der Waals surface area (Å²) in [5.41, 5.74) is 14.8. The second-order valence-electron chi connectivity index (χ2n) is 8.34. The van der Waals surface area contributed by atoms with E-state index in [4.69, 9.17) is 32.8 Å². The van der Waals surface area contributed by atoms with E-state index in [1.54, 1.807) is 18.3 Å². The zero-order valence-electron chi connectivity index (χ0n) is 17.1. The Morgan fingerprint density at radius 2 is 1.91 bits per heavy atom. The van der Waals surface area contributed by atoms with Gasteiger partial charge in [-0.15, -0.1) is 0 Å². The van der Waals surface area contributed by atoms with E-state index in [-0.39, 0.29) is 36.3 Å². The van der Waals surface area contributed by atoms with Crippen LogP contribution >= 0.6 is 11.6 Å². The average molecular weight is 452 g/mol. The summed E-state index contributed by atoms with van der Waals surface area (Å²) in [5, 5.41) is 3.94. The maximum absolute atomic E-state index is 12.1. The Kier molecular flexibility index (Phi) is 5.09. The molecule has 2 aromatic rings. The molecule has 0 spiro atoms. The molecule has 2 bridgehead atoms. The number of aliphatic imine (C=N–C) groups is 1. The molecule has 1 aromatic heterocycles. The van der Waals surface area contributed by atoms with E-state index >= 15 is 0 Å². The second kappa shape index (κ2) is 7.94. The van der Waals surface area contributed by atoms with E-state index in [9.17, 15) is 9.59 Å². The van der Waals surface area contributed by atoms with E-state index in [0.717, 1.165) is 23.4 Å². The maximum Gasteiger partial charge on any atom is 0.255 e. The number of pyridine rings is 1. The minimum absolute atomic E-state index is 0.118.